The Kier molecular flexibility index (Phi) is 9.12. The molecule has 0 spiro atoms. The number of unbranched alkanes of at least 4 members (excludes halogenated alkanes) is 2. The van der Waals surface area contributed by atoms with Crippen molar-refractivity contribution in [3.05, 3.63) is 64.7 Å². The summed E-state index contributed by atoms with van der Waals surface area (Å²) >= 11 is 0. The second-order valence-corrected chi connectivity index (χ2v) is 5.94. The average Bonchev–Trinajstić information content (AvgIpc) is 2.51. The van der Waals surface area contributed by atoms with Gasteiger partial charge in [0.15, 0.2) is 0 Å². The number of phenols is 1. The number of aliphatic carboxylic acids is 1. The van der Waals surface area contributed by atoms with Gasteiger partial charge < -0.3 is 10.2 Å². The smallest absolute Gasteiger partial charge is 0.508 e. The summed E-state index contributed by atoms with van der Waals surface area (Å²) < 4.78 is 0. The Hall–Kier alpha value is -1.29. The molecule has 122 valence electrons. The van der Waals surface area contributed by atoms with Crippen molar-refractivity contribution in [2.45, 2.75) is 45.4 Å². The van der Waals surface area contributed by atoms with Crippen molar-refractivity contribution in [1.29, 1.82) is 0 Å². The van der Waals surface area contributed by atoms with Crippen molar-refractivity contribution >= 4 is 5.97 Å². The molecule has 0 unspecified atom stereocenters. The Morgan fingerprint density at radius 1 is 1.04 bits per heavy atom. The van der Waals surface area contributed by atoms with Crippen molar-refractivity contribution < 1.29 is 44.6 Å². The number of carboxylic acids is 1. The predicted molar refractivity (Wildman–Crippen MR) is 91.9 cm³/mol. The van der Waals surface area contributed by atoms with Gasteiger partial charge in [-0.2, -0.15) is 0 Å². The van der Waals surface area contributed by atoms with E-state index in [9.17, 15) is 15.0 Å². The summed E-state index contributed by atoms with van der Waals surface area (Å²) in [6.45, 7) is 2.15. The van der Waals surface area contributed by atoms with Crippen LogP contribution in [0.2, 0.25) is 0 Å². The number of phenolic OH excluding ortho intramolecular Hbond substituents is 1. The number of hydrogen-bond acceptors (Lipinski definition) is 2. The van der Waals surface area contributed by atoms with E-state index in [0.29, 0.717) is 12.0 Å². The fraction of sp³-hybridized carbons (Fsp3) is 0.350. The maximum absolute atomic E-state index is 11.2. The third-order valence-electron chi connectivity index (χ3n) is 4.01. The molecule has 3 nitrogen and oxygen atoms in total. The maximum atomic E-state index is 11.2. The van der Waals surface area contributed by atoms with E-state index in [1.54, 1.807) is 6.07 Å². The maximum Gasteiger partial charge on any atom is 1.00 e. The molecule has 24 heavy (non-hydrogen) atoms. The largest absolute Gasteiger partial charge is 1.00 e. The Balaban J connectivity index is 0.00000288. The van der Waals surface area contributed by atoms with Gasteiger partial charge in [-0.1, -0.05) is 56.2 Å². The number of benzene rings is 2. The Bertz CT molecular complexity index is 653. The van der Waals surface area contributed by atoms with E-state index in [1.165, 1.54) is 0 Å². The molecule has 0 aliphatic carbocycles. The number of aryl methyl sites for hydroxylation is 1. The molecular formula is C20H24NaO3+. The van der Waals surface area contributed by atoms with Crippen LogP contribution in [0.25, 0.3) is 0 Å². The van der Waals surface area contributed by atoms with Gasteiger partial charge in [-0.25, -0.2) is 0 Å². The van der Waals surface area contributed by atoms with Gasteiger partial charge in [-0.15, -0.1) is 0 Å². The first-order valence-corrected chi connectivity index (χ1v) is 8.19. The quantitative estimate of drug-likeness (QED) is 0.565. The summed E-state index contributed by atoms with van der Waals surface area (Å²) in [6.07, 6.45) is 4.70. The molecule has 0 aliphatic heterocycles. The zero-order valence-electron chi connectivity index (χ0n) is 14.6. The first-order chi connectivity index (χ1) is 11.1. The molecule has 0 bridgehead atoms. The summed E-state index contributed by atoms with van der Waals surface area (Å²) in [4.78, 5) is 11.2. The first-order valence-electron chi connectivity index (χ1n) is 8.19. The van der Waals surface area contributed by atoms with Gasteiger partial charge in [0.05, 0.1) is 6.42 Å². The minimum absolute atomic E-state index is 0. The second-order valence-electron chi connectivity index (χ2n) is 5.94. The minimum atomic E-state index is -0.871. The van der Waals surface area contributed by atoms with Crippen LogP contribution in [0, 0.1) is 0 Å². The van der Waals surface area contributed by atoms with E-state index in [2.05, 4.69) is 6.92 Å². The van der Waals surface area contributed by atoms with E-state index in [1.807, 2.05) is 36.4 Å². The Labute approximate surface area is 166 Å². The third-order valence-corrected chi connectivity index (χ3v) is 4.01. The van der Waals surface area contributed by atoms with Crippen molar-refractivity contribution in [3.63, 3.8) is 0 Å². The summed E-state index contributed by atoms with van der Waals surface area (Å²) in [6, 6.07) is 13.5. The molecule has 0 aromatic heterocycles. The normalized spacial score (nSPS) is 10.2. The number of aromatic hydroxyl groups is 1. The van der Waals surface area contributed by atoms with Gasteiger partial charge >= 0.3 is 35.5 Å². The number of hydrogen-bond donors (Lipinski definition) is 2. The standard InChI is InChI=1S/C20H24O3.Na/c1-2-3-5-10-16-11-17(14-20(22)23)18(19(21)13-16)12-15-8-6-4-7-9-15;/h4,6-9,11,13,21H,2-3,5,10,12,14H2,1H3,(H,22,23);/q;+1. The van der Waals surface area contributed by atoms with Gasteiger partial charge in [0.1, 0.15) is 5.75 Å². The molecular weight excluding hydrogens is 311 g/mol. The first kappa shape index (κ1) is 20.8. The van der Waals surface area contributed by atoms with Crippen LogP contribution in [-0.4, -0.2) is 16.2 Å². The van der Waals surface area contributed by atoms with Crippen LogP contribution in [-0.2, 0) is 24.1 Å². The number of carbonyl (C=O) groups is 1. The summed E-state index contributed by atoms with van der Waals surface area (Å²) in [5.74, 6) is -0.663. The molecule has 0 saturated carbocycles. The average molecular weight is 335 g/mol. The van der Waals surface area contributed by atoms with E-state index >= 15 is 0 Å². The molecule has 2 rings (SSSR count). The van der Waals surface area contributed by atoms with Crippen LogP contribution >= 0.6 is 0 Å². The van der Waals surface area contributed by atoms with Gasteiger partial charge in [0.2, 0.25) is 0 Å². The van der Waals surface area contributed by atoms with Crippen molar-refractivity contribution in [3.8, 4) is 5.75 Å². The molecule has 0 amide bonds. The number of rotatable bonds is 8. The summed E-state index contributed by atoms with van der Waals surface area (Å²) in [7, 11) is 0. The van der Waals surface area contributed by atoms with Gasteiger partial charge in [0, 0.05) is 12.0 Å². The van der Waals surface area contributed by atoms with E-state index < -0.39 is 5.97 Å². The molecule has 0 aliphatic rings. The van der Waals surface area contributed by atoms with Crippen LogP contribution in [0.3, 0.4) is 0 Å². The zero-order chi connectivity index (χ0) is 16.7. The SMILES string of the molecule is CCCCCc1cc(O)c(Cc2ccccc2)c(CC(=O)O)c1.[Na+]. The van der Waals surface area contributed by atoms with Crippen molar-refractivity contribution in [1.82, 2.24) is 0 Å². The van der Waals surface area contributed by atoms with Crippen LogP contribution in [0.4, 0.5) is 0 Å². The van der Waals surface area contributed by atoms with Crippen molar-refractivity contribution in [2.24, 2.45) is 0 Å². The minimum Gasteiger partial charge on any atom is -0.508 e. The number of carboxylic acid groups (broad SMARTS) is 1. The fourth-order valence-corrected chi connectivity index (χ4v) is 2.83. The van der Waals surface area contributed by atoms with Crippen LogP contribution < -0.4 is 29.6 Å². The topological polar surface area (TPSA) is 57.5 Å². The van der Waals surface area contributed by atoms with Gasteiger partial charge in [-0.05, 0) is 35.6 Å². The Morgan fingerprint density at radius 2 is 1.75 bits per heavy atom. The molecule has 0 radical (unpaired) electrons. The molecule has 0 heterocycles. The van der Waals surface area contributed by atoms with E-state index in [-0.39, 0.29) is 41.7 Å². The van der Waals surface area contributed by atoms with E-state index in [4.69, 9.17) is 0 Å². The predicted octanol–water partition coefficient (Wildman–Crippen LogP) is 1.35. The van der Waals surface area contributed by atoms with Gasteiger partial charge in [0.25, 0.3) is 0 Å². The molecule has 2 aromatic carbocycles. The molecule has 4 heteroatoms. The molecule has 2 N–H and O–H groups in total. The Morgan fingerprint density at radius 3 is 2.38 bits per heavy atom. The zero-order valence-corrected chi connectivity index (χ0v) is 16.6. The molecule has 0 saturated heterocycles. The molecule has 0 fully saturated rings. The van der Waals surface area contributed by atoms with Crippen LogP contribution in [0.1, 0.15) is 48.4 Å². The second kappa shape index (κ2) is 10.5. The summed E-state index contributed by atoms with van der Waals surface area (Å²) in [5.41, 5.74) is 3.52. The van der Waals surface area contributed by atoms with Crippen molar-refractivity contribution in [2.75, 3.05) is 0 Å². The van der Waals surface area contributed by atoms with E-state index in [0.717, 1.165) is 42.4 Å². The molecule has 0 atom stereocenters. The third kappa shape index (κ3) is 6.31. The molecule has 2 aromatic rings. The summed E-state index contributed by atoms with van der Waals surface area (Å²) in [5, 5.41) is 19.6. The fourth-order valence-electron chi connectivity index (χ4n) is 2.83. The van der Waals surface area contributed by atoms with Gasteiger partial charge in [-0.3, -0.25) is 4.79 Å². The monoisotopic (exact) mass is 335 g/mol. The van der Waals surface area contributed by atoms with Crippen LogP contribution in [0.5, 0.6) is 5.75 Å². The van der Waals surface area contributed by atoms with Crippen LogP contribution in [0.15, 0.2) is 42.5 Å².